The standard InChI is InChI=1S/C17H25NO3/c19-10-9-16(14-6-2-1-3-7-14)18-12-13-5-4-8-15(11-13)17(20)21/h4-5,8,11,14,16,18-19H,1-3,6-7,9-10,12H2,(H,20,21). The predicted octanol–water partition coefficient (Wildman–Crippen LogP) is 2.81. The molecular formula is C17H25NO3. The molecule has 1 unspecified atom stereocenters. The van der Waals surface area contributed by atoms with Gasteiger partial charge < -0.3 is 15.5 Å². The maximum absolute atomic E-state index is 11.0. The van der Waals surface area contributed by atoms with E-state index in [1.54, 1.807) is 18.2 Å². The van der Waals surface area contributed by atoms with Crippen molar-refractivity contribution in [3.63, 3.8) is 0 Å². The van der Waals surface area contributed by atoms with Crippen LogP contribution in [0.4, 0.5) is 0 Å². The smallest absolute Gasteiger partial charge is 0.335 e. The Morgan fingerprint density at radius 2 is 2.05 bits per heavy atom. The van der Waals surface area contributed by atoms with Gasteiger partial charge in [0, 0.05) is 19.2 Å². The molecule has 1 saturated carbocycles. The van der Waals surface area contributed by atoms with Gasteiger partial charge in [-0.25, -0.2) is 4.79 Å². The molecule has 1 aliphatic carbocycles. The van der Waals surface area contributed by atoms with E-state index >= 15 is 0 Å². The van der Waals surface area contributed by atoms with Crippen LogP contribution in [-0.4, -0.2) is 28.8 Å². The van der Waals surface area contributed by atoms with E-state index < -0.39 is 5.97 Å². The van der Waals surface area contributed by atoms with Crippen molar-refractivity contribution in [3.05, 3.63) is 35.4 Å². The highest BCUT2D eigenvalue weighted by Crippen LogP contribution is 2.27. The summed E-state index contributed by atoms with van der Waals surface area (Å²) in [5.41, 5.74) is 1.30. The van der Waals surface area contributed by atoms with Gasteiger partial charge in [-0.15, -0.1) is 0 Å². The fraction of sp³-hybridized carbons (Fsp3) is 0.588. The third-order valence-corrected chi connectivity index (χ3v) is 4.40. The molecule has 0 aliphatic heterocycles. The molecule has 1 aromatic rings. The van der Waals surface area contributed by atoms with Crippen LogP contribution in [0, 0.1) is 5.92 Å². The van der Waals surface area contributed by atoms with Gasteiger partial charge in [0.15, 0.2) is 0 Å². The van der Waals surface area contributed by atoms with Gasteiger partial charge in [0.05, 0.1) is 5.56 Å². The second-order valence-electron chi connectivity index (χ2n) is 5.90. The first-order valence-corrected chi connectivity index (χ1v) is 7.87. The number of hydrogen-bond acceptors (Lipinski definition) is 3. The number of aromatic carboxylic acids is 1. The minimum absolute atomic E-state index is 0.198. The number of carboxylic acid groups (broad SMARTS) is 1. The summed E-state index contributed by atoms with van der Waals surface area (Å²) < 4.78 is 0. The number of aliphatic hydroxyl groups is 1. The molecule has 4 heteroatoms. The Morgan fingerprint density at radius 1 is 1.29 bits per heavy atom. The summed E-state index contributed by atoms with van der Waals surface area (Å²) in [6.07, 6.45) is 7.11. The predicted molar refractivity (Wildman–Crippen MR) is 82.3 cm³/mol. The molecule has 0 saturated heterocycles. The normalized spacial score (nSPS) is 17.6. The fourth-order valence-electron chi connectivity index (χ4n) is 3.24. The number of nitrogens with one attached hydrogen (secondary N) is 1. The molecule has 1 fully saturated rings. The first kappa shape index (κ1) is 16.0. The molecule has 0 bridgehead atoms. The highest BCUT2D eigenvalue weighted by atomic mass is 16.4. The number of hydrogen-bond donors (Lipinski definition) is 3. The van der Waals surface area contributed by atoms with Crippen LogP contribution in [0.15, 0.2) is 24.3 Å². The summed E-state index contributed by atoms with van der Waals surface area (Å²) >= 11 is 0. The van der Waals surface area contributed by atoms with Crippen LogP contribution >= 0.6 is 0 Å². The van der Waals surface area contributed by atoms with Gasteiger partial charge in [-0.3, -0.25) is 0 Å². The average molecular weight is 291 g/mol. The molecule has 3 N–H and O–H groups in total. The fourth-order valence-corrected chi connectivity index (χ4v) is 3.24. The SMILES string of the molecule is O=C(O)c1cccc(CNC(CCO)C2CCCCC2)c1. The van der Waals surface area contributed by atoms with Gasteiger partial charge in [0.25, 0.3) is 0 Å². The van der Waals surface area contributed by atoms with Crippen LogP contribution in [0.5, 0.6) is 0 Å². The van der Waals surface area contributed by atoms with Gasteiger partial charge in [-0.1, -0.05) is 31.4 Å². The van der Waals surface area contributed by atoms with Crippen molar-refractivity contribution in [3.8, 4) is 0 Å². The molecule has 1 aromatic carbocycles. The Bertz CT molecular complexity index is 455. The molecule has 0 aromatic heterocycles. The molecule has 116 valence electrons. The summed E-state index contributed by atoms with van der Waals surface area (Å²) in [6, 6.07) is 7.37. The van der Waals surface area contributed by atoms with Crippen LogP contribution in [0.3, 0.4) is 0 Å². The monoisotopic (exact) mass is 291 g/mol. The van der Waals surface area contributed by atoms with E-state index in [0.717, 1.165) is 12.0 Å². The molecule has 21 heavy (non-hydrogen) atoms. The second kappa shape index (κ2) is 8.15. The zero-order chi connectivity index (χ0) is 15.1. The van der Waals surface area contributed by atoms with E-state index in [0.29, 0.717) is 24.1 Å². The van der Waals surface area contributed by atoms with Gasteiger partial charge in [-0.05, 0) is 42.9 Å². The number of benzene rings is 1. The van der Waals surface area contributed by atoms with Crippen molar-refractivity contribution in [2.45, 2.75) is 51.1 Å². The Balaban J connectivity index is 1.94. The Labute approximate surface area is 126 Å². The zero-order valence-electron chi connectivity index (χ0n) is 12.4. The molecule has 0 spiro atoms. The number of rotatable bonds is 7. The third kappa shape index (κ3) is 4.83. The van der Waals surface area contributed by atoms with Crippen molar-refractivity contribution >= 4 is 5.97 Å². The highest BCUT2D eigenvalue weighted by molar-refractivity contribution is 5.87. The lowest BCUT2D eigenvalue weighted by Gasteiger charge is -2.31. The van der Waals surface area contributed by atoms with E-state index in [-0.39, 0.29) is 6.61 Å². The van der Waals surface area contributed by atoms with Crippen LogP contribution in [0.1, 0.15) is 54.4 Å². The number of carboxylic acids is 1. The van der Waals surface area contributed by atoms with Crippen LogP contribution in [0.25, 0.3) is 0 Å². The summed E-state index contributed by atoms with van der Waals surface area (Å²) in [7, 11) is 0. The maximum Gasteiger partial charge on any atom is 0.335 e. The molecule has 2 rings (SSSR count). The number of aliphatic hydroxyl groups excluding tert-OH is 1. The summed E-state index contributed by atoms with van der Waals surface area (Å²) in [4.78, 5) is 11.0. The quantitative estimate of drug-likeness (QED) is 0.722. The van der Waals surface area contributed by atoms with Gasteiger partial charge in [0.1, 0.15) is 0 Å². The van der Waals surface area contributed by atoms with Crippen molar-refractivity contribution in [2.75, 3.05) is 6.61 Å². The van der Waals surface area contributed by atoms with Crippen molar-refractivity contribution in [1.82, 2.24) is 5.32 Å². The first-order valence-electron chi connectivity index (χ1n) is 7.87. The van der Waals surface area contributed by atoms with E-state index in [1.807, 2.05) is 6.07 Å². The highest BCUT2D eigenvalue weighted by Gasteiger charge is 2.22. The van der Waals surface area contributed by atoms with Crippen LogP contribution in [-0.2, 0) is 6.54 Å². The van der Waals surface area contributed by atoms with Crippen molar-refractivity contribution < 1.29 is 15.0 Å². The molecule has 1 aliphatic rings. The van der Waals surface area contributed by atoms with E-state index in [4.69, 9.17) is 5.11 Å². The van der Waals surface area contributed by atoms with Crippen molar-refractivity contribution in [2.24, 2.45) is 5.92 Å². The van der Waals surface area contributed by atoms with Gasteiger partial charge >= 0.3 is 5.97 Å². The van der Waals surface area contributed by atoms with Crippen LogP contribution in [0.2, 0.25) is 0 Å². The zero-order valence-corrected chi connectivity index (χ0v) is 12.4. The molecule has 0 heterocycles. The maximum atomic E-state index is 11.0. The number of carbonyl (C=O) groups is 1. The Morgan fingerprint density at radius 3 is 2.71 bits per heavy atom. The molecular weight excluding hydrogens is 266 g/mol. The Kier molecular flexibility index (Phi) is 6.21. The Hall–Kier alpha value is -1.39. The lowest BCUT2D eigenvalue weighted by molar-refractivity contribution is 0.0696. The van der Waals surface area contributed by atoms with Crippen molar-refractivity contribution in [1.29, 1.82) is 0 Å². The third-order valence-electron chi connectivity index (χ3n) is 4.40. The molecule has 0 amide bonds. The molecule has 4 nitrogen and oxygen atoms in total. The molecule has 1 atom stereocenters. The minimum atomic E-state index is -0.893. The lowest BCUT2D eigenvalue weighted by atomic mass is 9.82. The summed E-state index contributed by atoms with van der Waals surface area (Å²) in [6.45, 7) is 0.853. The average Bonchev–Trinajstić information content (AvgIpc) is 2.52. The second-order valence-corrected chi connectivity index (χ2v) is 5.90. The lowest BCUT2D eigenvalue weighted by Crippen LogP contribution is -2.37. The van der Waals surface area contributed by atoms with E-state index in [2.05, 4.69) is 5.32 Å². The summed E-state index contributed by atoms with van der Waals surface area (Å²) in [5, 5.41) is 21.8. The van der Waals surface area contributed by atoms with E-state index in [9.17, 15) is 9.90 Å². The topological polar surface area (TPSA) is 69.6 Å². The minimum Gasteiger partial charge on any atom is -0.478 e. The largest absolute Gasteiger partial charge is 0.478 e. The van der Waals surface area contributed by atoms with Crippen LogP contribution < -0.4 is 5.32 Å². The first-order chi connectivity index (χ1) is 10.2. The molecule has 0 radical (unpaired) electrons. The van der Waals surface area contributed by atoms with Gasteiger partial charge in [-0.2, -0.15) is 0 Å². The van der Waals surface area contributed by atoms with E-state index in [1.165, 1.54) is 32.1 Å². The van der Waals surface area contributed by atoms with Gasteiger partial charge in [0.2, 0.25) is 0 Å². The summed E-state index contributed by atoms with van der Waals surface area (Å²) in [5.74, 6) is -0.260.